The van der Waals surface area contributed by atoms with Crippen molar-refractivity contribution < 1.29 is 8.42 Å². The van der Waals surface area contributed by atoms with E-state index in [1.54, 1.807) is 0 Å². The number of rotatable bonds is 3. The van der Waals surface area contributed by atoms with Crippen LogP contribution in [0.25, 0.3) is 0 Å². The molecule has 0 aromatic carbocycles. The smallest absolute Gasteiger partial charge is 0.243 e. The number of aromatic nitrogens is 2. The molecular weight excluding hydrogens is 204 g/mol. The lowest BCUT2D eigenvalue weighted by Gasteiger charge is -2.09. The summed E-state index contributed by atoms with van der Waals surface area (Å²) in [6.45, 7) is 1.55. The maximum absolute atomic E-state index is 11.7. The highest BCUT2D eigenvalue weighted by molar-refractivity contribution is 7.89. The van der Waals surface area contributed by atoms with Crippen LogP contribution in [0, 0.1) is 0 Å². The Morgan fingerprint density at radius 2 is 2.43 bits per heavy atom. The first-order chi connectivity index (χ1) is 6.68. The average Bonchev–Trinajstić information content (AvgIpc) is 2.71. The molecule has 0 aliphatic carbocycles. The molecule has 0 saturated carbocycles. The van der Waals surface area contributed by atoms with E-state index in [2.05, 4.69) is 20.2 Å². The molecule has 0 amide bonds. The van der Waals surface area contributed by atoms with Gasteiger partial charge in [0, 0.05) is 18.8 Å². The Morgan fingerprint density at radius 3 is 3.00 bits per heavy atom. The zero-order valence-corrected chi connectivity index (χ0v) is 8.34. The molecule has 7 heteroatoms. The first kappa shape index (κ1) is 9.63. The minimum absolute atomic E-state index is 0.00472. The van der Waals surface area contributed by atoms with Crippen molar-refractivity contribution in [2.75, 3.05) is 13.1 Å². The number of aromatic amines is 1. The highest BCUT2D eigenvalue weighted by Crippen LogP contribution is 2.07. The third-order valence-corrected chi connectivity index (χ3v) is 3.65. The first-order valence-corrected chi connectivity index (χ1v) is 5.88. The van der Waals surface area contributed by atoms with E-state index in [0.717, 1.165) is 13.0 Å². The summed E-state index contributed by atoms with van der Waals surface area (Å²) < 4.78 is 25.9. The Morgan fingerprint density at radius 1 is 1.57 bits per heavy atom. The molecule has 3 N–H and O–H groups in total. The van der Waals surface area contributed by atoms with E-state index in [9.17, 15) is 8.42 Å². The van der Waals surface area contributed by atoms with Gasteiger partial charge in [-0.15, -0.1) is 0 Å². The fourth-order valence-electron chi connectivity index (χ4n) is 1.43. The molecule has 0 radical (unpaired) electrons. The third-order valence-electron chi connectivity index (χ3n) is 2.17. The SMILES string of the molecule is O=S(=O)(NC1CCNC1)c1cn[nH]c1. The van der Waals surface area contributed by atoms with Gasteiger partial charge in [0.1, 0.15) is 4.90 Å². The standard InChI is InChI=1S/C7H12N4O2S/c12-14(13,7-4-9-10-5-7)11-6-1-2-8-3-6/h4-6,8,11H,1-3H2,(H,9,10). The topological polar surface area (TPSA) is 86.9 Å². The van der Waals surface area contributed by atoms with E-state index in [0.29, 0.717) is 6.54 Å². The monoisotopic (exact) mass is 216 g/mol. The summed E-state index contributed by atoms with van der Waals surface area (Å²) in [5.74, 6) is 0. The van der Waals surface area contributed by atoms with Crippen LogP contribution in [-0.2, 0) is 10.0 Å². The minimum Gasteiger partial charge on any atom is -0.315 e. The summed E-state index contributed by atoms with van der Waals surface area (Å²) in [6.07, 6.45) is 3.49. The fourth-order valence-corrected chi connectivity index (χ4v) is 2.60. The predicted octanol–water partition coefficient (Wildman–Crippen LogP) is -0.950. The van der Waals surface area contributed by atoms with E-state index in [1.807, 2.05) is 0 Å². The number of H-pyrrole nitrogens is 1. The van der Waals surface area contributed by atoms with Crippen LogP contribution in [0.4, 0.5) is 0 Å². The second-order valence-electron chi connectivity index (χ2n) is 3.25. The molecule has 1 fully saturated rings. The van der Waals surface area contributed by atoms with Crippen LogP contribution in [0.3, 0.4) is 0 Å². The highest BCUT2D eigenvalue weighted by Gasteiger charge is 2.22. The molecule has 0 spiro atoms. The van der Waals surface area contributed by atoms with Crippen molar-refractivity contribution >= 4 is 10.0 Å². The van der Waals surface area contributed by atoms with Gasteiger partial charge in [0.15, 0.2) is 0 Å². The van der Waals surface area contributed by atoms with Crippen LogP contribution < -0.4 is 10.0 Å². The van der Waals surface area contributed by atoms with Gasteiger partial charge in [0.05, 0.1) is 6.20 Å². The quantitative estimate of drug-likeness (QED) is 0.608. The number of sulfonamides is 1. The molecule has 78 valence electrons. The Hall–Kier alpha value is -0.920. The predicted molar refractivity (Wildman–Crippen MR) is 50.2 cm³/mol. The van der Waals surface area contributed by atoms with Gasteiger partial charge < -0.3 is 5.32 Å². The second kappa shape index (κ2) is 3.68. The fraction of sp³-hybridized carbons (Fsp3) is 0.571. The van der Waals surface area contributed by atoms with Crippen LogP contribution in [0.2, 0.25) is 0 Å². The van der Waals surface area contributed by atoms with E-state index in [-0.39, 0.29) is 10.9 Å². The van der Waals surface area contributed by atoms with Gasteiger partial charge in [0.25, 0.3) is 0 Å². The Balaban J connectivity index is 2.09. The maximum atomic E-state index is 11.7. The van der Waals surface area contributed by atoms with Crippen molar-refractivity contribution in [2.24, 2.45) is 0 Å². The van der Waals surface area contributed by atoms with Crippen molar-refractivity contribution in [1.29, 1.82) is 0 Å². The Kier molecular flexibility index (Phi) is 2.53. The summed E-state index contributed by atoms with van der Waals surface area (Å²) in [7, 11) is -3.38. The van der Waals surface area contributed by atoms with Crippen LogP contribution in [0.15, 0.2) is 17.3 Å². The zero-order valence-electron chi connectivity index (χ0n) is 7.53. The van der Waals surface area contributed by atoms with Gasteiger partial charge in [0.2, 0.25) is 10.0 Å². The van der Waals surface area contributed by atoms with Crippen molar-refractivity contribution in [3.63, 3.8) is 0 Å². The molecular formula is C7H12N4O2S. The molecule has 2 heterocycles. The minimum atomic E-state index is -3.38. The molecule has 6 nitrogen and oxygen atoms in total. The van der Waals surface area contributed by atoms with E-state index < -0.39 is 10.0 Å². The van der Waals surface area contributed by atoms with Gasteiger partial charge in [-0.05, 0) is 13.0 Å². The van der Waals surface area contributed by atoms with Gasteiger partial charge in [-0.3, -0.25) is 5.10 Å². The molecule has 1 aliphatic heterocycles. The van der Waals surface area contributed by atoms with Gasteiger partial charge >= 0.3 is 0 Å². The molecule has 0 bridgehead atoms. The summed E-state index contributed by atoms with van der Waals surface area (Å²) in [5.41, 5.74) is 0. The lowest BCUT2D eigenvalue weighted by atomic mass is 10.3. The molecule has 1 atom stereocenters. The lowest BCUT2D eigenvalue weighted by molar-refractivity contribution is 0.560. The first-order valence-electron chi connectivity index (χ1n) is 4.40. The Labute approximate surface area is 82.1 Å². The largest absolute Gasteiger partial charge is 0.315 e. The van der Waals surface area contributed by atoms with Crippen LogP contribution >= 0.6 is 0 Å². The van der Waals surface area contributed by atoms with Crippen LogP contribution in [0.5, 0.6) is 0 Å². The highest BCUT2D eigenvalue weighted by atomic mass is 32.2. The van der Waals surface area contributed by atoms with Gasteiger partial charge in [-0.25, -0.2) is 13.1 Å². The summed E-state index contributed by atoms with van der Waals surface area (Å²) in [4.78, 5) is 0.185. The van der Waals surface area contributed by atoms with E-state index in [4.69, 9.17) is 0 Å². The molecule has 1 unspecified atom stereocenters. The maximum Gasteiger partial charge on any atom is 0.243 e. The number of hydrogen-bond donors (Lipinski definition) is 3. The average molecular weight is 216 g/mol. The number of nitrogens with zero attached hydrogens (tertiary/aromatic N) is 1. The molecule has 1 aromatic rings. The number of nitrogens with one attached hydrogen (secondary N) is 3. The lowest BCUT2D eigenvalue weighted by Crippen LogP contribution is -2.36. The van der Waals surface area contributed by atoms with Crippen molar-refractivity contribution in [2.45, 2.75) is 17.4 Å². The molecule has 1 saturated heterocycles. The summed E-state index contributed by atoms with van der Waals surface area (Å²) in [5, 5.41) is 9.17. The van der Waals surface area contributed by atoms with Crippen LogP contribution in [-0.4, -0.2) is 37.7 Å². The van der Waals surface area contributed by atoms with Crippen LogP contribution in [0.1, 0.15) is 6.42 Å². The molecule has 2 rings (SSSR count). The third kappa shape index (κ3) is 1.94. The number of hydrogen-bond acceptors (Lipinski definition) is 4. The van der Waals surface area contributed by atoms with Crippen molar-refractivity contribution in [3.8, 4) is 0 Å². The van der Waals surface area contributed by atoms with E-state index >= 15 is 0 Å². The summed E-state index contributed by atoms with van der Waals surface area (Å²) >= 11 is 0. The Bertz CT molecular complexity index is 380. The summed E-state index contributed by atoms with van der Waals surface area (Å²) in [6, 6.07) is -0.00472. The van der Waals surface area contributed by atoms with Gasteiger partial charge in [-0.2, -0.15) is 5.10 Å². The second-order valence-corrected chi connectivity index (χ2v) is 4.96. The van der Waals surface area contributed by atoms with Crippen molar-refractivity contribution in [3.05, 3.63) is 12.4 Å². The van der Waals surface area contributed by atoms with E-state index in [1.165, 1.54) is 12.4 Å². The molecule has 1 aliphatic rings. The zero-order chi connectivity index (χ0) is 10.0. The molecule has 1 aromatic heterocycles. The van der Waals surface area contributed by atoms with Gasteiger partial charge in [-0.1, -0.05) is 0 Å². The van der Waals surface area contributed by atoms with Crippen molar-refractivity contribution in [1.82, 2.24) is 20.2 Å². The normalized spacial score (nSPS) is 22.7. The molecule has 14 heavy (non-hydrogen) atoms.